The summed E-state index contributed by atoms with van der Waals surface area (Å²) >= 11 is 0. The van der Waals surface area contributed by atoms with Crippen LogP contribution in [-0.4, -0.2) is 10.2 Å². The van der Waals surface area contributed by atoms with Gasteiger partial charge in [0.2, 0.25) is 0 Å². The highest BCUT2D eigenvalue weighted by atomic mass is 15.2. The van der Waals surface area contributed by atoms with Gasteiger partial charge >= 0.3 is 0 Å². The lowest BCUT2D eigenvalue weighted by Gasteiger charge is -2.12. The van der Waals surface area contributed by atoms with Crippen molar-refractivity contribution in [2.45, 2.75) is 18.3 Å². The van der Waals surface area contributed by atoms with Gasteiger partial charge in [0.25, 0.3) is 0 Å². The zero-order valence-corrected chi connectivity index (χ0v) is 8.40. The van der Waals surface area contributed by atoms with Gasteiger partial charge in [-0.2, -0.15) is 5.10 Å². The second-order valence-electron chi connectivity index (χ2n) is 4.15. The van der Waals surface area contributed by atoms with Crippen LogP contribution in [0.1, 0.15) is 24.1 Å². The lowest BCUT2D eigenvalue weighted by Crippen LogP contribution is -2.08. The summed E-state index contributed by atoms with van der Waals surface area (Å²) in [4.78, 5) is 0. The number of rotatable bonds is 2. The van der Waals surface area contributed by atoms with E-state index in [0.29, 0.717) is 5.82 Å². The minimum atomic E-state index is 0.159. The maximum atomic E-state index is 5.64. The highest BCUT2D eigenvalue weighted by Gasteiger charge is 2.47. The minimum absolute atomic E-state index is 0.159. The van der Waals surface area contributed by atoms with Crippen molar-refractivity contribution in [3.8, 4) is 0 Å². The summed E-state index contributed by atoms with van der Waals surface area (Å²) in [6.07, 6.45) is 2.36. The molecule has 1 saturated carbocycles. The maximum absolute atomic E-state index is 5.64. The van der Waals surface area contributed by atoms with Gasteiger partial charge in [-0.3, -0.25) is 5.10 Å². The van der Waals surface area contributed by atoms with E-state index < -0.39 is 0 Å². The highest BCUT2D eigenvalue weighted by molar-refractivity contribution is 5.45. The molecule has 0 atom stereocenters. The molecule has 0 unspecified atom stereocenters. The van der Waals surface area contributed by atoms with Crippen molar-refractivity contribution in [1.29, 1.82) is 0 Å². The molecule has 1 aliphatic carbocycles. The third kappa shape index (κ3) is 1.23. The smallest absolute Gasteiger partial charge is 0.145 e. The zero-order valence-electron chi connectivity index (χ0n) is 8.40. The summed E-state index contributed by atoms with van der Waals surface area (Å²) in [6, 6.07) is 12.5. The van der Waals surface area contributed by atoms with Gasteiger partial charge in [0.05, 0.1) is 0 Å². The van der Waals surface area contributed by atoms with E-state index >= 15 is 0 Å². The standard InChI is InChI=1S/C12H13N3/c13-11-8-10(14-15-11)12(6-7-12)9-4-2-1-3-5-9/h1-5,8H,6-7H2,(H3,13,14,15). The SMILES string of the molecule is Nc1cc(C2(c3ccccc3)CC2)[nH]n1. The first-order chi connectivity index (χ1) is 7.31. The van der Waals surface area contributed by atoms with Crippen LogP contribution in [0, 0.1) is 0 Å². The van der Waals surface area contributed by atoms with E-state index in [0.717, 1.165) is 5.69 Å². The lowest BCUT2D eigenvalue weighted by atomic mass is 9.93. The van der Waals surface area contributed by atoms with E-state index in [9.17, 15) is 0 Å². The molecule has 1 aliphatic rings. The summed E-state index contributed by atoms with van der Waals surface area (Å²) < 4.78 is 0. The molecule has 2 aromatic rings. The number of H-pyrrole nitrogens is 1. The third-order valence-electron chi connectivity index (χ3n) is 3.19. The first kappa shape index (κ1) is 8.53. The Morgan fingerprint density at radius 1 is 1.20 bits per heavy atom. The van der Waals surface area contributed by atoms with Crippen LogP contribution in [0.25, 0.3) is 0 Å². The molecule has 0 bridgehead atoms. The number of hydrogen-bond donors (Lipinski definition) is 2. The van der Waals surface area contributed by atoms with Crippen LogP contribution >= 0.6 is 0 Å². The van der Waals surface area contributed by atoms with Gasteiger partial charge in [-0.05, 0) is 18.4 Å². The Kier molecular flexibility index (Phi) is 1.63. The van der Waals surface area contributed by atoms with Crippen molar-refractivity contribution >= 4 is 5.82 Å². The summed E-state index contributed by atoms with van der Waals surface area (Å²) in [5, 5.41) is 7.03. The molecule has 1 aromatic heterocycles. The van der Waals surface area contributed by atoms with Gasteiger partial charge in [-0.15, -0.1) is 0 Å². The second-order valence-corrected chi connectivity index (χ2v) is 4.15. The number of aromatic amines is 1. The Labute approximate surface area is 88.3 Å². The zero-order chi connectivity index (χ0) is 10.3. The molecule has 3 nitrogen and oxygen atoms in total. The molecule has 3 rings (SSSR count). The van der Waals surface area contributed by atoms with Crippen LogP contribution in [0.3, 0.4) is 0 Å². The largest absolute Gasteiger partial charge is 0.382 e. The Morgan fingerprint density at radius 3 is 2.47 bits per heavy atom. The fourth-order valence-electron chi connectivity index (χ4n) is 2.18. The van der Waals surface area contributed by atoms with Crippen molar-refractivity contribution < 1.29 is 0 Å². The molecule has 3 heteroatoms. The van der Waals surface area contributed by atoms with Gasteiger partial charge in [0.15, 0.2) is 0 Å². The van der Waals surface area contributed by atoms with Gasteiger partial charge in [-0.1, -0.05) is 30.3 Å². The van der Waals surface area contributed by atoms with Crippen LogP contribution in [0.15, 0.2) is 36.4 Å². The molecule has 1 heterocycles. The van der Waals surface area contributed by atoms with E-state index in [1.165, 1.54) is 18.4 Å². The molecule has 0 spiro atoms. The van der Waals surface area contributed by atoms with Crippen molar-refractivity contribution in [2.75, 3.05) is 5.73 Å². The number of nitrogen functional groups attached to an aromatic ring is 1. The fourth-order valence-corrected chi connectivity index (χ4v) is 2.18. The van der Waals surface area contributed by atoms with Gasteiger partial charge in [-0.25, -0.2) is 0 Å². The predicted molar refractivity (Wildman–Crippen MR) is 59.5 cm³/mol. The average Bonchev–Trinajstić information content (AvgIpc) is 2.98. The van der Waals surface area contributed by atoms with Crippen LogP contribution in [-0.2, 0) is 5.41 Å². The number of aromatic nitrogens is 2. The molecule has 0 saturated heterocycles. The first-order valence-corrected chi connectivity index (χ1v) is 5.18. The predicted octanol–water partition coefficient (Wildman–Crippen LogP) is 2.07. The molecule has 0 radical (unpaired) electrons. The molecule has 76 valence electrons. The number of nitrogens with zero attached hydrogens (tertiary/aromatic N) is 1. The monoisotopic (exact) mass is 199 g/mol. The molecule has 3 N–H and O–H groups in total. The normalized spacial score (nSPS) is 17.6. The Bertz CT molecular complexity index is 469. The first-order valence-electron chi connectivity index (χ1n) is 5.18. The van der Waals surface area contributed by atoms with Crippen molar-refractivity contribution in [2.24, 2.45) is 0 Å². The third-order valence-corrected chi connectivity index (χ3v) is 3.19. The number of anilines is 1. The number of nitrogens with two attached hydrogens (primary N) is 1. The van der Waals surface area contributed by atoms with Crippen LogP contribution in [0.4, 0.5) is 5.82 Å². The summed E-state index contributed by atoms with van der Waals surface area (Å²) in [5.74, 6) is 0.576. The van der Waals surface area contributed by atoms with Crippen molar-refractivity contribution in [3.63, 3.8) is 0 Å². The van der Waals surface area contributed by atoms with Gasteiger partial charge < -0.3 is 5.73 Å². The van der Waals surface area contributed by atoms with Gasteiger partial charge in [0.1, 0.15) is 5.82 Å². The Morgan fingerprint density at radius 2 is 1.93 bits per heavy atom. The molecular formula is C12H13N3. The van der Waals surface area contributed by atoms with Gasteiger partial charge in [0, 0.05) is 17.2 Å². The van der Waals surface area contributed by atoms with E-state index in [2.05, 4.69) is 34.5 Å². The number of benzene rings is 1. The van der Waals surface area contributed by atoms with Crippen LogP contribution < -0.4 is 5.73 Å². The average molecular weight is 199 g/mol. The Balaban J connectivity index is 2.05. The van der Waals surface area contributed by atoms with E-state index in [1.807, 2.05) is 12.1 Å². The van der Waals surface area contributed by atoms with E-state index in [-0.39, 0.29) is 5.41 Å². The summed E-state index contributed by atoms with van der Waals surface area (Å²) in [7, 11) is 0. The van der Waals surface area contributed by atoms with Crippen molar-refractivity contribution in [3.05, 3.63) is 47.7 Å². The molecule has 1 fully saturated rings. The van der Waals surface area contributed by atoms with Crippen molar-refractivity contribution in [1.82, 2.24) is 10.2 Å². The molecule has 0 aliphatic heterocycles. The van der Waals surface area contributed by atoms with E-state index in [1.54, 1.807) is 0 Å². The highest BCUT2D eigenvalue weighted by Crippen LogP contribution is 2.52. The number of nitrogens with one attached hydrogen (secondary N) is 1. The van der Waals surface area contributed by atoms with Crippen LogP contribution in [0.5, 0.6) is 0 Å². The second kappa shape index (κ2) is 2.86. The van der Waals surface area contributed by atoms with Crippen LogP contribution in [0.2, 0.25) is 0 Å². The maximum Gasteiger partial charge on any atom is 0.145 e. The minimum Gasteiger partial charge on any atom is -0.382 e. The molecule has 0 amide bonds. The molecule has 1 aromatic carbocycles. The van der Waals surface area contributed by atoms with E-state index in [4.69, 9.17) is 5.73 Å². The fraction of sp³-hybridized carbons (Fsp3) is 0.250. The molecular weight excluding hydrogens is 186 g/mol. The summed E-state index contributed by atoms with van der Waals surface area (Å²) in [5.41, 5.74) is 8.30. The number of hydrogen-bond acceptors (Lipinski definition) is 2. The molecule has 15 heavy (non-hydrogen) atoms. The quantitative estimate of drug-likeness (QED) is 0.778. The topological polar surface area (TPSA) is 54.7 Å². The Hall–Kier alpha value is -1.77. The lowest BCUT2D eigenvalue weighted by molar-refractivity contribution is 0.792. The summed E-state index contributed by atoms with van der Waals surface area (Å²) in [6.45, 7) is 0.